The molecule has 13 heavy (non-hydrogen) atoms. The summed E-state index contributed by atoms with van der Waals surface area (Å²) in [6.07, 6.45) is 1.61. The Morgan fingerprint density at radius 2 is 2.08 bits per heavy atom. The van der Waals surface area contributed by atoms with Crippen LogP contribution in [0.25, 0.3) is 11.5 Å². The minimum Gasteiger partial charge on any atom is -0.444 e. The van der Waals surface area contributed by atoms with Crippen molar-refractivity contribution >= 4 is 11.6 Å². The number of benzene rings is 1. The average molecular weight is 194 g/mol. The van der Waals surface area contributed by atoms with Crippen LogP contribution in [-0.2, 0) is 0 Å². The highest BCUT2D eigenvalue weighted by molar-refractivity contribution is 6.33. The molecule has 2 nitrogen and oxygen atoms in total. The molecule has 1 aromatic carbocycles. The number of aromatic nitrogens is 1. The van der Waals surface area contributed by atoms with E-state index in [4.69, 9.17) is 16.0 Å². The summed E-state index contributed by atoms with van der Waals surface area (Å²) in [5.74, 6) is 0.572. The fraction of sp³-hybridized carbons (Fsp3) is 0.100. The SMILES string of the molecule is Cc1coc(-c2ccccc2Cl)n1. The van der Waals surface area contributed by atoms with Crippen molar-refractivity contribution < 1.29 is 4.42 Å². The van der Waals surface area contributed by atoms with Crippen LogP contribution < -0.4 is 0 Å². The third-order valence-corrected chi connectivity index (χ3v) is 2.05. The van der Waals surface area contributed by atoms with Crippen LogP contribution >= 0.6 is 11.6 Å². The van der Waals surface area contributed by atoms with Gasteiger partial charge in [-0.05, 0) is 19.1 Å². The van der Waals surface area contributed by atoms with Crippen molar-refractivity contribution in [2.24, 2.45) is 0 Å². The van der Waals surface area contributed by atoms with Crippen molar-refractivity contribution in [2.45, 2.75) is 6.92 Å². The molecule has 0 unspecified atom stereocenters. The second-order valence-corrected chi connectivity index (χ2v) is 3.18. The molecule has 2 aromatic rings. The zero-order valence-electron chi connectivity index (χ0n) is 7.12. The molecule has 0 spiro atoms. The van der Waals surface area contributed by atoms with Crippen LogP contribution in [0.5, 0.6) is 0 Å². The molecule has 0 amide bonds. The molecule has 0 fully saturated rings. The fourth-order valence-electron chi connectivity index (χ4n) is 1.11. The second-order valence-electron chi connectivity index (χ2n) is 2.77. The third kappa shape index (κ3) is 1.58. The van der Waals surface area contributed by atoms with Crippen molar-refractivity contribution in [3.05, 3.63) is 41.2 Å². The number of hydrogen-bond acceptors (Lipinski definition) is 2. The van der Waals surface area contributed by atoms with Gasteiger partial charge in [0.25, 0.3) is 0 Å². The molecule has 66 valence electrons. The van der Waals surface area contributed by atoms with Gasteiger partial charge in [0.05, 0.1) is 16.3 Å². The smallest absolute Gasteiger partial charge is 0.227 e. The van der Waals surface area contributed by atoms with Gasteiger partial charge in [0.15, 0.2) is 0 Å². The van der Waals surface area contributed by atoms with Crippen LogP contribution in [0.15, 0.2) is 34.9 Å². The van der Waals surface area contributed by atoms with Gasteiger partial charge >= 0.3 is 0 Å². The lowest BCUT2D eigenvalue weighted by Gasteiger charge is -1.96. The summed E-state index contributed by atoms with van der Waals surface area (Å²) in [7, 11) is 0. The van der Waals surface area contributed by atoms with E-state index in [0.717, 1.165) is 11.3 Å². The number of halogens is 1. The monoisotopic (exact) mass is 193 g/mol. The van der Waals surface area contributed by atoms with Gasteiger partial charge in [0.1, 0.15) is 6.26 Å². The van der Waals surface area contributed by atoms with Crippen LogP contribution in [0, 0.1) is 6.92 Å². The zero-order chi connectivity index (χ0) is 9.26. The zero-order valence-corrected chi connectivity index (χ0v) is 7.88. The van der Waals surface area contributed by atoms with E-state index in [1.54, 1.807) is 6.26 Å². The first-order chi connectivity index (χ1) is 6.27. The Kier molecular flexibility index (Phi) is 2.07. The van der Waals surface area contributed by atoms with Crippen LogP contribution in [0.3, 0.4) is 0 Å². The topological polar surface area (TPSA) is 26.0 Å². The van der Waals surface area contributed by atoms with E-state index >= 15 is 0 Å². The van der Waals surface area contributed by atoms with E-state index in [1.165, 1.54) is 0 Å². The quantitative estimate of drug-likeness (QED) is 0.695. The molecule has 0 radical (unpaired) electrons. The van der Waals surface area contributed by atoms with E-state index in [9.17, 15) is 0 Å². The van der Waals surface area contributed by atoms with Gasteiger partial charge < -0.3 is 4.42 Å². The summed E-state index contributed by atoms with van der Waals surface area (Å²) in [5.41, 5.74) is 1.69. The molecule has 0 atom stereocenters. The van der Waals surface area contributed by atoms with E-state index in [1.807, 2.05) is 31.2 Å². The van der Waals surface area contributed by atoms with Crippen LogP contribution in [0.1, 0.15) is 5.69 Å². The highest BCUT2D eigenvalue weighted by Gasteiger charge is 2.07. The number of rotatable bonds is 1. The van der Waals surface area contributed by atoms with Gasteiger partial charge in [0.2, 0.25) is 5.89 Å². The molecule has 0 aliphatic rings. The van der Waals surface area contributed by atoms with Crippen molar-refractivity contribution in [3.63, 3.8) is 0 Å². The highest BCUT2D eigenvalue weighted by atomic mass is 35.5. The molecule has 0 aliphatic heterocycles. The first-order valence-electron chi connectivity index (χ1n) is 3.94. The number of nitrogens with zero attached hydrogens (tertiary/aromatic N) is 1. The summed E-state index contributed by atoms with van der Waals surface area (Å²) < 4.78 is 5.24. The van der Waals surface area contributed by atoms with Crippen molar-refractivity contribution in [1.29, 1.82) is 0 Å². The van der Waals surface area contributed by atoms with Gasteiger partial charge in [-0.25, -0.2) is 4.98 Å². The number of hydrogen-bond donors (Lipinski definition) is 0. The van der Waals surface area contributed by atoms with Crippen molar-refractivity contribution in [2.75, 3.05) is 0 Å². The van der Waals surface area contributed by atoms with Gasteiger partial charge in [0, 0.05) is 0 Å². The predicted octanol–water partition coefficient (Wildman–Crippen LogP) is 3.30. The van der Waals surface area contributed by atoms with Gasteiger partial charge in [-0.2, -0.15) is 0 Å². The van der Waals surface area contributed by atoms with Crippen molar-refractivity contribution in [1.82, 2.24) is 4.98 Å². The molecule has 1 heterocycles. The Morgan fingerprint density at radius 3 is 2.69 bits per heavy atom. The van der Waals surface area contributed by atoms with E-state index in [2.05, 4.69) is 4.98 Å². The summed E-state index contributed by atoms with van der Waals surface area (Å²) in [6.45, 7) is 1.88. The maximum Gasteiger partial charge on any atom is 0.227 e. The van der Waals surface area contributed by atoms with Crippen LogP contribution in [0.4, 0.5) is 0 Å². The summed E-state index contributed by atoms with van der Waals surface area (Å²) in [5, 5.41) is 0.657. The van der Waals surface area contributed by atoms with Crippen LogP contribution in [0.2, 0.25) is 5.02 Å². The second kappa shape index (κ2) is 3.23. The average Bonchev–Trinajstić information content (AvgIpc) is 2.53. The molecule has 0 aliphatic carbocycles. The maximum absolute atomic E-state index is 5.97. The molecule has 0 bridgehead atoms. The van der Waals surface area contributed by atoms with Crippen LogP contribution in [-0.4, -0.2) is 4.98 Å². The Bertz CT molecular complexity index is 422. The standard InChI is InChI=1S/C10H8ClNO/c1-7-6-13-10(12-7)8-4-2-3-5-9(8)11/h2-6H,1H3. The first kappa shape index (κ1) is 8.32. The Labute approximate surface area is 81.2 Å². The minimum atomic E-state index is 0.572. The first-order valence-corrected chi connectivity index (χ1v) is 4.32. The highest BCUT2D eigenvalue weighted by Crippen LogP contribution is 2.26. The van der Waals surface area contributed by atoms with Gasteiger partial charge in [-0.15, -0.1) is 0 Å². The Hall–Kier alpha value is -1.28. The lowest BCUT2D eigenvalue weighted by molar-refractivity contribution is 0.573. The molecule has 0 saturated heterocycles. The van der Waals surface area contributed by atoms with E-state index < -0.39 is 0 Å². The van der Waals surface area contributed by atoms with E-state index in [0.29, 0.717) is 10.9 Å². The molecular formula is C10H8ClNO. The summed E-state index contributed by atoms with van der Waals surface area (Å²) in [6, 6.07) is 7.48. The minimum absolute atomic E-state index is 0.572. The number of aryl methyl sites for hydroxylation is 1. The maximum atomic E-state index is 5.97. The predicted molar refractivity (Wildman–Crippen MR) is 51.7 cm³/mol. The van der Waals surface area contributed by atoms with Gasteiger partial charge in [-0.1, -0.05) is 23.7 Å². The Morgan fingerprint density at radius 1 is 1.31 bits per heavy atom. The van der Waals surface area contributed by atoms with E-state index in [-0.39, 0.29) is 0 Å². The molecule has 3 heteroatoms. The molecule has 0 saturated carbocycles. The normalized spacial score (nSPS) is 10.3. The molecular weight excluding hydrogens is 186 g/mol. The molecule has 2 rings (SSSR count). The summed E-state index contributed by atoms with van der Waals surface area (Å²) in [4.78, 5) is 4.19. The lowest BCUT2D eigenvalue weighted by Crippen LogP contribution is -1.78. The van der Waals surface area contributed by atoms with Gasteiger partial charge in [-0.3, -0.25) is 0 Å². The van der Waals surface area contributed by atoms with Crippen molar-refractivity contribution in [3.8, 4) is 11.5 Å². The lowest BCUT2D eigenvalue weighted by atomic mass is 10.2. The fourth-order valence-corrected chi connectivity index (χ4v) is 1.33. The Balaban J connectivity index is 2.52. The molecule has 0 N–H and O–H groups in total. The third-order valence-electron chi connectivity index (χ3n) is 1.72. The molecule has 1 aromatic heterocycles. The largest absolute Gasteiger partial charge is 0.444 e. The summed E-state index contributed by atoms with van der Waals surface area (Å²) >= 11 is 5.97. The number of oxazole rings is 1.